The standard InChI is InChI=1S/C20H29N5O3/c1-14(2)16-12-15(26-3)4-5-17(16)28-18-13-23-20(24-19(18)21)22-6-7-25-8-10-27-11-9-25/h4-5,12-14H,6-11H2,1-3H3,(H3,21,22,23,24). The average Bonchev–Trinajstić information content (AvgIpc) is 2.71. The Hall–Kier alpha value is -2.58. The summed E-state index contributed by atoms with van der Waals surface area (Å²) in [6.45, 7) is 9.35. The molecule has 8 heteroatoms. The highest BCUT2D eigenvalue weighted by atomic mass is 16.5. The van der Waals surface area contributed by atoms with E-state index in [9.17, 15) is 0 Å². The molecule has 0 bridgehead atoms. The van der Waals surface area contributed by atoms with Gasteiger partial charge in [0.05, 0.1) is 26.5 Å². The third kappa shape index (κ3) is 5.24. The van der Waals surface area contributed by atoms with Gasteiger partial charge in [-0.25, -0.2) is 4.98 Å². The molecule has 3 rings (SSSR count). The summed E-state index contributed by atoms with van der Waals surface area (Å²) in [5.74, 6) is 3.02. The van der Waals surface area contributed by atoms with Gasteiger partial charge in [0.1, 0.15) is 11.5 Å². The van der Waals surface area contributed by atoms with Crippen LogP contribution in [0.25, 0.3) is 0 Å². The Morgan fingerprint density at radius 2 is 2.04 bits per heavy atom. The van der Waals surface area contributed by atoms with Crippen molar-refractivity contribution in [3.8, 4) is 17.2 Å². The van der Waals surface area contributed by atoms with Crippen molar-refractivity contribution < 1.29 is 14.2 Å². The topological polar surface area (TPSA) is 94.8 Å². The summed E-state index contributed by atoms with van der Waals surface area (Å²) >= 11 is 0. The van der Waals surface area contributed by atoms with E-state index in [1.807, 2.05) is 18.2 Å². The molecule has 0 spiro atoms. The third-order valence-electron chi connectivity index (χ3n) is 4.66. The van der Waals surface area contributed by atoms with Crippen LogP contribution in [0.5, 0.6) is 17.2 Å². The van der Waals surface area contributed by atoms with E-state index in [-0.39, 0.29) is 5.92 Å². The lowest BCUT2D eigenvalue weighted by Gasteiger charge is -2.26. The minimum Gasteiger partial charge on any atom is -0.497 e. The van der Waals surface area contributed by atoms with Crippen LogP contribution in [0.3, 0.4) is 0 Å². The zero-order valence-corrected chi connectivity index (χ0v) is 16.8. The molecule has 1 fully saturated rings. The molecule has 1 aliphatic heterocycles. The summed E-state index contributed by atoms with van der Waals surface area (Å²) < 4.78 is 16.7. The molecule has 1 aromatic carbocycles. The summed E-state index contributed by atoms with van der Waals surface area (Å²) in [6, 6.07) is 5.71. The first-order chi connectivity index (χ1) is 13.6. The van der Waals surface area contributed by atoms with Crippen molar-refractivity contribution in [2.24, 2.45) is 0 Å². The monoisotopic (exact) mass is 387 g/mol. The van der Waals surface area contributed by atoms with E-state index >= 15 is 0 Å². The number of nitrogens with one attached hydrogen (secondary N) is 1. The minimum atomic E-state index is 0.272. The van der Waals surface area contributed by atoms with Crippen LogP contribution >= 0.6 is 0 Å². The molecule has 8 nitrogen and oxygen atoms in total. The zero-order valence-electron chi connectivity index (χ0n) is 16.8. The summed E-state index contributed by atoms with van der Waals surface area (Å²) in [5.41, 5.74) is 7.13. The fourth-order valence-corrected chi connectivity index (χ4v) is 3.01. The normalized spacial score (nSPS) is 14.9. The highest BCUT2D eigenvalue weighted by Crippen LogP contribution is 2.34. The Kier molecular flexibility index (Phi) is 6.89. The van der Waals surface area contributed by atoms with Crippen LogP contribution in [-0.2, 0) is 4.74 Å². The van der Waals surface area contributed by atoms with Gasteiger partial charge >= 0.3 is 0 Å². The van der Waals surface area contributed by atoms with E-state index < -0.39 is 0 Å². The predicted octanol–water partition coefficient (Wildman–Crippen LogP) is 2.73. The molecule has 0 radical (unpaired) electrons. The first-order valence-electron chi connectivity index (χ1n) is 9.59. The first kappa shape index (κ1) is 20.2. The van der Waals surface area contributed by atoms with Crippen LogP contribution in [0.15, 0.2) is 24.4 Å². The Bertz CT molecular complexity index is 778. The van der Waals surface area contributed by atoms with Gasteiger partial charge in [-0.1, -0.05) is 13.8 Å². The fraction of sp³-hybridized carbons (Fsp3) is 0.500. The van der Waals surface area contributed by atoms with Gasteiger partial charge in [0, 0.05) is 31.7 Å². The smallest absolute Gasteiger partial charge is 0.224 e. The molecule has 0 saturated carbocycles. The number of nitrogens with two attached hydrogens (primary N) is 1. The highest BCUT2D eigenvalue weighted by molar-refractivity contribution is 5.52. The fourth-order valence-electron chi connectivity index (χ4n) is 3.01. The van der Waals surface area contributed by atoms with Crippen molar-refractivity contribution in [3.05, 3.63) is 30.0 Å². The molecule has 2 heterocycles. The molecule has 1 aromatic heterocycles. The first-order valence-corrected chi connectivity index (χ1v) is 9.59. The maximum atomic E-state index is 6.10. The average molecular weight is 387 g/mol. The van der Waals surface area contributed by atoms with E-state index in [0.29, 0.717) is 17.5 Å². The molecule has 1 aliphatic rings. The highest BCUT2D eigenvalue weighted by Gasteiger charge is 2.14. The quantitative estimate of drug-likeness (QED) is 0.714. The number of anilines is 2. The van der Waals surface area contributed by atoms with E-state index in [2.05, 4.69) is 34.0 Å². The number of hydrogen-bond acceptors (Lipinski definition) is 8. The van der Waals surface area contributed by atoms with Crippen LogP contribution in [0, 0.1) is 0 Å². The zero-order chi connectivity index (χ0) is 19.9. The number of hydrogen-bond donors (Lipinski definition) is 2. The largest absolute Gasteiger partial charge is 0.497 e. The van der Waals surface area contributed by atoms with Gasteiger partial charge in [0.2, 0.25) is 5.95 Å². The number of nitrogen functional groups attached to an aromatic ring is 1. The van der Waals surface area contributed by atoms with Crippen molar-refractivity contribution in [1.82, 2.24) is 14.9 Å². The van der Waals surface area contributed by atoms with Crippen molar-refractivity contribution in [2.75, 3.05) is 57.6 Å². The maximum Gasteiger partial charge on any atom is 0.224 e. The molecular formula is C20H29N5O3. The van der Waals surface area contributed by atoms with Gasteiger partial charge in [0.25, 0.3) is 0 Å². The Morgan fingerprint density at radius 1 is 1.25 bits per heavy atom. The lowest BCUT2D eigenvalue weighted by atomic mass is 10.0. The lowest BCUT2D eigenvalue weighted by molar-refractivity contribution is 0.0398. The van der Waals surface area contributed by atoms with Crippen LogP contribution in [0.2, 0.25) is 0 Å². The summed E-state index contributed by atoms with van der Waals surface area (Å²) in [4.78, 5) is 11.0. The number of methoxy groups -OCH3 is 1. The van der Waals surface area contributed by atoms with Crippen molar-refractivity contribution >= 4 is 11.8 Å². The second kappa shape index (κ2) is 9.57. The van der Waals surface area contributed by atoms with Crippen LogP contribution in [-0.4, -0.2) is 61.4 Å². The molecule has 0 atom stereocenters. The summed E-state index contributed by atoms with van der Waals surface area (Å²) in [6.07, 6.45) is 1.60. The Morgan fingerprint density at radius 3 is 2.71 bits per heavy atom. The molecule has 152 valence electrons. The predicted molar refractivity (Wildman–Crippen MR) is 109 cm³/mol. The van der Waals surface area contributed by atoms with Crippen molar-refractivity contribution in [2.45, 2.75) is 19.8 Å². The number of morpholine rings is 1. The molecule has 1 saturated heterocycles. The van der Waals surface area contributed by atoms with E-state index in [1.165, 1.54) is 0 Å². The molecule has 3 N–H and O–H groups in total. The van der Waals surface area contributed by atoms with Gasteiger partial charge < -0.3 is 25.3 Å². The summed E-state index contributed by atoms with van der Waals surface area (Å²) in [5, 5.41) is 3.21. The van der Waals surface area contributed by atoms with E-state index in [1.54, 1.807) is 13.3 Å². The molecule has 0 amide bonds. The van der Waals surface area contributed by atoms with Crippen molar-refractivity contribution in [3.63, 3.8) is 0 Å². The minimum absolute atomic E-state index is 0.272. The molecule has 2 aromatic rings. The third-order valence-corrected chi connectivity index (χ3v) is 4.66. The van der Waals surface area contributed by atoms with Crippen molar-refractivity contribution in [1.29, 1.82) is 0 Å². The van der Waals surface area contributed by atoms with E-state index in [4.69, 9.17) is 19.9 Å². The Balaban J connectivity index is 1.62. The Labute approximate surface area is 166 Å². The maximum absolute atomic E-state index is 6.10. The van der Waals surface area contributed by atoms with Gasteiger partial charge in [-0.2, -0.15) is 4.98 Å². The molecule has 28 heavy (non-hydrogen) atoms. The second-order valence-corrected chi connectivity index (χ2v) is 6.98. The van der Waals surface area contributed by atoms with Crippen LogP contribution < -0.4 is 20.5 Å². The van der Waals surface area contributed by atoms with Crippen LogP contribution in [0.4, 0.5) is 11.8 Å². The van der Waals surface area contributed by atoms with E-state index in [0.717, 1.165) is 56.5 Å². The summed E-state index contributed by atoms with van der Waals surface area (Å²) in [7, 11) is 1.65. The number of ether oxygens (including phenoxy) is 3. The van der Waals surface area contributed by atoms with Gasteiger partial charge in [-0.3, -0.25) is 4.90 Å². The lowest BCUT2D eigenvalue weighted by Crippen LogP contribution is -2.39. The SMILES string of the molecule is COc1ccc(Oc2cnc(NCCN3CCOCC3)nc2N)c(C(C)C)c1. The van der Waals surface area contributed by atoms with Crippen LogP contribution in [0.1, 0.15) is 25.3 Å². The molecular weight excluding hydrogens is 358 g/mol. The number of nitrogens with zero attached hydrogens (tertiary/aromatic N) is 3. The van der Waals surface area contributed by atoms with Gasteiger partial charge in [-0.15, -0.1) is 0 Å². The molecule has 0 unspecified atom stereocenters. The number of rotatable bonds is 8. The van der Waals surface area contributed by atoms with Gasteiger partial charge in [-0.05, 0) is 24.1 Å². The molecule has 0 aliphatic carbocycles. The second-order valence-electron chi connectivity index (χ2n) is 6.98. The number of aromatic nitrogens is 2. The van der Waals surface area contributed by atoms with Gasteiger partial charge in [0.15, 0.2) is 11.6 Å². The number of benzene rings is 1.